The fourth-order valence-corrected chi connectivity index (χ4v) is 3.05. The van der Waals surface area contributed by atoms with E-state index in [1.807, 2.05) is 0 Å². The Bertz CT molecular complexity index is 569. The number of benzene rings is 2. The van der Waals surface area contributed by atoms with Gasteiger partial charge in [-0.15, -0.1) is 0 Å². The molecule has 0 aromatic heterocycles. The lowest BCUT2D eigenvalue weighted by atomic mass is 9.53. The van der Waals surface area contributed by atoms with Crippen LogP contribution >= 0.6 is 31.9 Å². The fraction of sp³-hybridized carbons (Fsp3) is 0.143. The van der Waals surface area contributed by atoms with Crippen LogP contribution in [0.15, 0.2) is 36.4 Å². The van der Waals surface area contributed by atoms with Crippen LogP contribution in [0, 0.1) is 11.6 Å². The van der Waals surface area contributed by atoms with E-state index in [4.69, 9.17) is 0 Å². The van der Waals surface area contributed by atoms with Gasteiger partial charge in [0, 0.05) is 10.7 Å². The molecule has 0 spiro atoms. The van der Waals surface area contributed by atoms with Crippen molar-refractivity contribution in [2.75, 3.05) is 0 Å². The molecule has 0 radical (unpaired) electrons. The van der Waals surface area contributed by atoms with Crippen LogP contribution in [-0.4, -0.2) is 11.9 Å². The molecule has 0 saturated carbocycles. The average Bonchev–Trinajstić information content (AvgIpc) is 2.46. The highest BCUT2D eigenvalue weighted by Crippen LogP contribution is 2.10. The van der Waals surface area contributed by atoms with Crippen molar-refractivity contribution in [2.24, 2.45) is 0 Å². The Morgan fingerprint density at radius 1 is 0.850 bits per heavy atom. The molecule has 0 amide bonds. The molecule has 1 nitrogen and oxygen atoms in total. The van der Waals surface area contributed by atoms with E-state index in [1.165, 1.54) is 24.3 Å². The van der Waals surface area contributed by atoms with Crippen molar-refractivity contribution < 1.29 is 13.8 Å². The summed E-state index contributed by atoms with van der Waals surface area (Å²) in [4.78, 5) is 0. The minimum atomic E-state index is -0.920. The molecule has 0 aliphatic rings. The molecule has 2 aromatic rings. The molecular weight excluding hydrogens is 393 g/mol. The van der Waals surface area contributed by atoms with Crippen LogP contribution in [0.3, 0.4) is 0 Å². The Hall–Kier alpha value is -0.715. The summed E-state index contributed by atoms with van der Waals surface area (Å²) in [5.41, 5.74) is 2.55. The van der Waals surface area contributed by atoms with Crippen LogP contribution in [0.25, 0.3) is 0 Å². The summed E-state index contributed by atoms with van der Waals surface area (Å²) in [6.07, 6.45) is 0. The number of halogens is 4. The molecule has 0 saturated heterocycles. The SMILES string of the molecule is OB(c1ccc(F)cc1CBr)c1ccc(F)cc1CBr. The number of hydrogen-bond donors (Lipinski definition) is 1. The predicted molar refractivity (Wildman–Crippen MR) is 85.3 cm³/mol. The molecule has 0 bridgehead atoms. The third-order valence-electron chi connectivity index (χ3n) is 3.09. The Kier molecular flexibility index (Phi) is 5.35. The molecular formula is C14H11BBr2F2O. The zero-order chi connectivity index (χ0) is 14.7. The fourth-order valence-electron chi connectivity index (χ4n) is 2.08. The summed E-state index contributed by atoms with van der Waals surface area (Å²) in [6.45, 7) is -0.920. The van der Waals surface area contributed by atoms with Gasteiger partial charge in [-0.2, -0.15) is 0 Å². The monoisotopic (exact) mass is 402 g/mol. The summed E-state index contributed by atoms with van der Waals surface area (Å²) in [6, 6.07) is 8.48. The van der Waals surface area contributed by atoms with Crippen LogP contribution in [0.5, 0.6) is 0 Å². The molecule has 1 N–H and O–H groups in total. The van der Waals surface area contributed by atoms with Crippen LogP contribution in [0.4, 0.5) is 8.78 Å². The molecule has 0 aliphatic heterocycles. The van der Waals surface area contributed by atoms with Crippen LogP contribution < -0.4 is 10.9 Å². The van der Waals surface area contributed by atoms with Gasteiger partial charge in [-0.25, -0.2) is 8.78 Å². The van der Waals surface area contributed by atoms with Gasteiger partial charge in [-0.1, -0.05) is 44.0 Å². The van der Waals surface area contributed by atoms with Gasteiger partial charge in [0.25, 0.3) is 0 Å². The van der Waals surface area contributed by atoms with Gasteiger partial charge in [-0.3, -0.25) is 0 Å². The molecule has 20 heavy (non-hydrogen) atoms. The number of alkyl halides is 2. The Labute approximate surface area is 133 Å². The first-order chi connectivity index (χ1) is 9.56. The molecule has 0 aliphatic carbocycles. The highest BCUT2D eigenvalue weighted by molar-refractivity contribution is 9.08. The molecule has 2 rings (SSSR count). The van der Waals surface area contributed by atoms with Gasteiger partial charge in [0.05, 0.1) is 0 Å². The second-order valence-electron chi connectivity index (χ2n) is 4.36. The second kappa shape index (κ2) is 6.83. The van der Waals surface area contributed by atoms with Crippen LogP contribution in [0.2, 0.25) is 0 Å². The van der Waals surface area contributed by atoms with Gasteiger partial charge >= 0.3 is 6.92 Å². The van der Waals surface area contributed by atoms with E-state index in [2.05, 4.69) is 31.9 Å². The normalized spacial score (nSPS) is 10.7. The predicted octanol–water partition coefficient (Wildman–Crippen LogP) is 2.85. The first-order valence-corrected chi connectivity index (χ1v) is 8.17. The zero-order valence-corrected chi connectivity index (χ0v) is 13.6. The molecule has 0 heterocycles. The lowest BCUT2D eigenvalue weighted by Gasteiger charge is -2.14. The van der Waals surface area contributed by atoms with Gasteiger partial charge in [0.2, 0.25) is 0 Å². The average molecular weight is 404 g/mol. The molecule has 104 valence electrons. The molecule has 0 atom stereocenters. The maximum atomic E-state index is 13.2. The maximum Gasteiger partial charge on any atom is 0.359 e. The first-order valence-electron chi connectivity index (χ1n) is 5.93. The van der Waals surface area contributed by atoms with Crippen molar-refractivity contribution >= 4 is 49.7 Å². The van der Waals surface area contributed by atoms with E-state index < -0.39 is 6.92 Å². The van der Waals surface area contributed by atoms with E-state index in [0.717, 1.165) is 0 Å². The van der Waals surface area contributed by atoms with Crippen molar-refractivity contribution in [3.63, 3.8) is 0 Å². The Morgan fingerprint density at radius 3 is 1.60 bits per heavy atom. The summed E-state index contributed by atoms with van der Waals surface area (Å²) in [5.74, 6) is -0.703. The summed E-state index contributed by atoms with van der Waals surface area (Å²) >= 11 is 6.57. The first kappa shape index (κ1) is 15.7. The van der Waals surface area contributed by atoms with Crippen molar-refractivity contribution in [1.82, 2.24) is 0 Å². The zero-order valence-electron chi connectivity index (χ0n) is 10.4. The van der Waals surface area contributed by atoms with Crippen molar-refractivity contribution in [3.8, 4) is 0 Å². The van der Waals surface area contributed by atoms with E-state index in [-0.39, 0.29) is 11.6 Å². The quantitative estimate of drug-likeness (QED) is 0.615. The summed E-state index contributed by atoms with van der Waals surface area (Å²) in [7, 11) is 0. The third-order valence-corrected chi connectivity index (χ3v) is 4.30. The minimum Gasteiger partial charge on any atom is -0.443 e. The lowest BCUT2D eigenvalue weighted by molar-refractivity contribution is 0.598. The van der Waals surface area contributed by atoms with Crippen molar-refractivity contribution in [3.05, 3.63) is 59.2 Å². The highest BCUT2D eigenvalue weighted by atomic mass is 79.9. The van der Waals surface area contributed by atoms with Gasteiger partial charge < -0.3 is 5.02 Å². The van der Waals surface area contributed by atoms with E-state index >= 15 is 0 Å². The third kappa shape index (κ3) is 3.30. The second-order valence-corrected chi connectivity index (χ2v) is 5.48. The number of rotatable bonds is 4. The molecule has 2 aromatic carbocycles. The number of hydrogen-bond acceptors (Lipinski definition) is 1. The van der Waals surface area contributed by atoms with Crippen molar-refractivity contribution in [1.29, 1.82) is 0 Å². The van der Waals surface area contributed by atoms with Crippen LogP contribution in [-0.2, 0) is 10.7 Å². The molecule has 0 unspecified atom stereocenters. The summed E-state index contributed by atoms with van der Waals surface area (Å²) in [5, 5.41) is 11.4. The maximum absolute atomic E-state index is 13.2. The Morgan fingerprint density at radius 2 is 1.25 bits per heavy atom. The highest BCUT2D eigenvalue weighted by Gasteiger charge is 2.23. The largest absolute Gasteiger partial charge is 0.443 e. The molecule has 0 fully saturated rings. The Balaban J connectivity index is 2.48. The van der Waals surface area contributed by atoms with Crippen LogP contribution in [0.1, 0.15) is 11.1 Å². The van der Waals surface area contributed by atoms with Gasteiger partial charge in [0.15, 0.2) is 0 Å². The topological polar surface area (TPSA) is 20.2 Å². The minimum absolute atomic E-state index is 0.352. The van der Waals surface area contributed by atoms with Gasteiger partial charge in [0.1, 0.15) is 11.6 Å². The van der Waals surface area contributed by atoms with Gasteiger partial charge in [-0.05, 0) is 46.3 Å². The molecule has 6 heteroatoms. The smallest absolute Gasteiger partial charge is 0.359 e. The van der Waals surface area contributed by atoms with E-state index in [0.29, 0.717) is 32.7 Å². The van der Waals surface area contributed by atoms with E-state index in [1.54, 1.807) is 12.1 Å². The standard InChI is InChI=1S/C14H11BBr2F2O/c16-7-9-5-11(18)1-3-13(9)15(20)14-4-2-12(19)6-10(14)8-17/h1-6,20H,7-8H2. The lowest BCUT2D eigenvalue weighted by Crippen LogP contribution is -2.45. The summed E-state index contributed by atoms with van der Waals surface area (Å²) < 4.78 is 26.5. The van der Waals surface area contributed by atoms with Crippen molar-refractivity contribution in [2.45, 2.75) is 10.7 Å². The van der Waals surface area contributed by atoms with E-state index in [9.17, 15) is 13.8 Å².